The number of halogens is 1. The molecule has 10 heteroatoms. The summed E-state index contributed by atoms with van der Waals surface area (Å²) >= 11 is 0. The van der Waals surface area contributed by atoms with Crippen LogP contribution in [0, 0.1) is 13.8 Å². The van der Waals surface area contributed by atoms with E-state index in [2.05, 4.69) is 20.8 Å². The van der Waals surface area contributed by atoms with E-state index >= 15 is 0 Å². The second-order valence-electron chi connectivity index (χ2n) is 5.22. The summed E-state index contributed by atoms with van der Waals surface area (Å²) in [6.45, 7) is 5.89. The predicted molar refractivity (Wildman–Crippen MR) is 99.6 cm³/mol. The van der Waals surface area contributed by atoms with Crippen LogP contribution in [0.1, 0.15) is 23.4 Å². The summed E-state index contributed by atoms with van der Waals surface area (Å²) in [5.41, 5.74) is 1.86. The molecule has 1 aliphatic heterocycles. The second-order valence-corrected chi connectivity index (χ2v) is 7.31. The van der Waals surface area contributed by atoms with Gasteiger partial charge in [-0.25, -0.2) is 12.7 Å². The quantitative estimate of drug-likeness (QED) is 0.382. The summed E-state index contributed by atoms with van der Waals surface area (Å²) in [5, 5.41) is 10.2. The minimum absolute atomic E-state index is 0. The number of hydrogen-bond donors (Lipinski definition) is 2. The largest absolute Gasteiger partial charge is 0.361 e. The molecule has 0 atom stereocenters. The van der Waals surface area contributed by atoms with E-state index < -0.39 is 10.0 Å². The van der Waals surface area contributed by atoms with Crippen molar-refractivity contribution in [1.82, 2.24) is 20.1 Å². The van der Waals surface area contributed by atoms with E-state index in [1.165, 1.54) is 4.31 Å². The van der Waals surface area contributed by atoms with Gasteiger partial charge < -0.3 is 15.2 Å². The van der Waals surface area contributed by atoms with Crippen LogP contribution in [0.15, 0.2) is 9.52 Å². The predicted octanol–water partition coefficient (Wildman–Crippen LogP) is 0.610. The molecule has 1 fully saturated rings. The number of aliphatic imine (C=N–C) groups is 1. The molecule has 2 N–H and O–H groups in total. The molecule has 1 saturated heterocycles. The zero-order valence-electron chi connectivity index (χ0n) is 13.6. The van der Waals surface area contributed by atoms with Crippen LogP contribution in [-0.2, 0) is 16.6 Å². The molecule has 0 saturated carbocycles. The Hall–Kier alpha value is -0.880. The number of nitrogens with zero attached hydrogens (tertiary/aromatic N) is 3. The van der Waals surface area contributed by atoms with Gasteiger partial charge in [0.2, 0.25) is 10.0 Å². The number of rotatable bonds is 5. The minimum Gasteiger partial charge on any atom is -0.361 e. The molecule has 0 spiro atoms. The Morgan fingerprint density at radius 2 is 2.13 bits per heavy atom. The number of nitrogens with one attached hydrogen (secondary N) is 2. The highest BCUT2D eigenvalue weighted by atomic mass is 127. The zero-order valence-corrected chi connectivity index (χ0v) is 16.8. The highest BCUT2D eigenvalue weighted by Crippen LogP contribution is 2.12. The average Bonchev–Trinajstić information content (AvgIpc) is 2.97. The van der Waals surface area contributed by atoms with Gasteiger partial charge in [0.15, 0.2) is 5.96 Å². The zero-order chi connectivity index (χ0) is 16.2. The lowest BCUT2D eigenvalue weighted by Crippen LogP contribution is -2.41. The lowest BCUT2D eigenvalue weighted by molar-refractivity contribution is 0.392. The molecular formula is C13H24IN5O3S. The van der Waals surface area contributed by atoms with E-state index in [0.717, 1.165) is 17.0 Å². The van der Waals surface area contributed by atoms with Crippen molar-refractivity contribution < 1.29 is 12.9 Å². The Morgan fingerprint density at radius 3 is 2.65 bits per heavy atom. The van der Waals surface area contributed by atoms with E-state index in [9.17, 15) is 8.42 Å². The maximum atomic E-state index is 11.7. The maximum Gasteiger partial charge on any atom is 0.214 e. The highest BCUT2D eigenvalue weighted by Gasteiger charge is 2.27. The van der Waals surface area contributed by atoms with Crippen molar-refractivity contribution in [3.63, 3.8) is 0 Å². The monoisotopic (exact) mass is 457 g/mol. The highest BCUT2D eigenvalue weighted by molar-refractivity contribution is 14.0. The Bertz CT molecular complexity index is 625. The van der Waals surface area contributed by atoms with Crippen molar-refractivity contribution in [2.24, 2.45) is 4.99 Å². The van der Waals surface area contributed by atoms with Crippen molar-refractivity contribution in [2.45, 2.75) is 26.8 Å². The Balaban J connectivity index is 0.00000264. The lowest BCUT2D eigenvalue weighted by Gasteiger charge is -2.16. The molecule has 0 unspecified atom stereocenters. The fourth-order valence-electron chi connectivity index (χ4n) is 2.39. The molecule has 0 amide bonds. The molecule has 0 radical (unpaired) electrons. The van der Waals surface area contributed by atoms with Crippen molar-refractivity contribution in [3.05, 3.63) is 17.0 Å². The molecule has 132 valence electrons. The summed E-state index contributed by atoms with van der Waals surface area (Å²) in [4.78, 5) is 4.12. The van der Waals surface area contributed by atoms with E-state index in [1.807, 2.05) is 13.8 Å². The number of sulfonamides is 1. The third kappa shape index (κ3) is 5.31. The summed E-state index contributed by atoms with van der Waals surface area (Å²) in [5.74, 6) is 1.66. The van der Waals surface area contributed by atoms with Crippen molar-refractivity contribution in [3.8, 4) is 0 Å². The Morgan fingerprint density at radius 1 is 1.39 bits per heavy atom. The summed E-state index contributed by atoms with van der Waals surface area (Å²) < 4.78 is 30.0. The van der Waals surface area contributed by atoms with Gasteiger partial charge in [-0.3, -0.25) is 4.99 Å². The molecule has 1 aliphatic rings. The average molecular weight is 457 g/mol. The molecule has 1 aromatic rings. The van der Waals surface area contributed by atoms with Crippen molar-refractivity contribution >= 4 is 40.0 Å². The normalized spacial score (nSPS) is 17.8. The van der Waals surface area contributed by atoms with Crippen molar-refractivity contribution in [1.29, 1.82) is 0 Å². The Labute approximate surface area is 154 Å². The van der Waals surface area contributed by atoms with Gasteiger partial charge in [0, 0.05) is 38.8 Å². The van der Waals surface area contributed by atoms with Crippen LogP contribution < -0.4 is 10.6 Å². The van der Waals surface area contributed by atoms with Gasteiger partial charge in [0.05, 0.1) is 11.4 Å². The fourth-order valence-corrected chi connectivity index (χ4v) is 3.92. The van der Waals surface area contributed by atoms with Crippen LogP contribution in [-0.4, -0.2) is 56.3 Å². The van der Waals surface area contributed by atoms with Crippen molar-refractivity contribution in [2.75, 3.05) is 32.4 Å². The van der Waals surface area contributed by atoms with Crippen LogP contribution in [0.25, 0.3) is 0 Å². The fraction of sp³-hybridized carbons (Fsp3) is 0.692. The van der Waals surface area contributed by atoms with E-state index in [0.29, 0.717) is 38.6 Å². The van der Waals surface area contributed by atoms with E-state index in [-0.39, 0.29) is 29.7 Å². The number of aromatic nitrogens is 1. The summed E-state index contributed by atoms with van der Waals surface area (Å²) in [6, 6.07) is 0. The van der Waals surface area contributed by atoms with Crippen LogP contribution >= 0.6 is 24.0 Å². The van der Waals surface area contributed by atoms with Crippen LogP contribution in [0.2, 0.25) is 0 Å². The number of hydrogen-bond acceptors (Lipinski definition) is 5. The Kier molecular flexibility index (Phi) is 7.74. The second kappa shape index (κ2) is 8.83. The first-order valence-electron chi connectivity index (χ1n) is 7.28. The molecule has 8 nitrogen and oxygen atoms in total. The maximum absolute atomic E-state index is 11.7. The molecule has 0 bridgehead atoms. The van der Waals surface area contributed by atoms with Gasteiger partial charge in [-0.1, -0.05) is 5.16 Å². The van der Waals surface area contributed by atoms with E-state index in [1.54, 1.807) is 7.05 Å². The third-order valence-corrected chi connectivity index (χ3v) is 5.65. The minimum atomic E-state index is -3.04. The molecule has 0 aromatic carbocycles. The molecule has 2 rings (SSSR count). The SMILES string of the molecule is CN=C(NCCN1CCCS1(=O)=O)NCc1c(C)noc1C.I. The van der Waals surface area contributed by atoms with Gasteiger partial charge in [-0.15, -0.1) is 24.0 Å². The molecule has 23 heavy (non-hydrogen) atoms. The number of guanidine groups is 1. The molecular weight excluding hydrogens is 433 g/mol. The van der Waals surface area contributed by atoms with E-state index in [4.69, 9.17) is 4.52 Å². The molecule has 1 aromatic heterocycles. The standard InChI is InChI=1S/C13H23N5O3S.HI/c1-10-12(11(2)21-17-10)9-16-13(14-3)15-5-7-18-6-4-8-22(18,19)20;/h4-9H2,1-3H3,(H2,14,15,16);1H. The van der Waals surface area contributed by atoms with Gasteiger partial charge in [-0.2, -0.15) is 0 Å². The summed E-state index contributed by atoms with van der Waals surface area (Å²) in [6.07, 6.45) is 0.710. The van der Waals surface area contributed by atoms with Crippen LogP contribution in [0.4, 0.5) is 0 Å². The van der Waals surface area contributed by atoms with Gasteiger partial charge in [0.1, 0.15) is 5.76 Å². The molecule has 2 heterocycles. The lowest BCUT2D eigenvalue weighted by atomic mass is 10.2. The first kappa shape index (κ1) is 20.2. The van der Waals surface area contributed by atoms with Crippen LogP contribution in [0.5, 0.6) is 0 Å². The van der Waals surface area contributed by atoms with Crippen LogP contribution in [0.3, 0.4) is 0 Å². The van der Waals surface area contributed by atoms with Gasteiger partial charge in [-0.05, 0) is 20.3 Å². The smallest absolute Gasteiger partial charge is 0.214 e. The van der Waals surface area contributed by atoms with Gasteiger partial charge >= 0.3 is 0 Å². The topological polar surface area (TPSA) is 99.8 Å². The third-order valence-electron chi connectivity index (χ3n) is 3.69. The first-order chi connectivity index (χ1) is 10.4. The number of aryl methyl sites for hydroxylation is 2. The molecule has 0 aliphatic carbocycles. The first-order valence-corrected chi connectivity index (χ1v) is 8.89. The van der Waals surface area contributed by atoms with Gasteiger partial charge in [0.25, 0.3) is 0 Å². The summed E-state index contributed by atoms with van der Waals surface area (Å²) in [7, 11) is -1.36.